The molecule has 3 aromatic rings. The minimum atomic E-state index is -0.165. The summed E-state index contributed by atoms with van der Waals surface area (Å²) in [5.41, 5.74) is 1.32. The second-order valence-electron chi connectivity index (χ2n) is 8.06. The highest BCUT2D eigenvalue weighted by Crippen LogP contribution is 2.39. The highest BCUT2D eigenvalue weighted by atomic mass is 35.5. The second kappa shape index (κ2) is 8.11. The third-order valence-corrected chi connectivity index (χ3v) is 6.35. The van der Waals surface area contributed by atoms with Crippen molar-refractivity contribution in [1.29, 1.82) is 0 Å². The van der Waals surface area contributed by atoms with Crippen LogP contribution in [0.1, 0.15) is 25.0 Å². The Morgan fingerprint density at radius 3 is 2.53 bits per heavy atom. The first kappa shape index (κ1) is 19.1. The number of fused-ring (bicyclic) bond motifs is 1. The summed E-state index contributed by atoms with van der Waals surface area (Å²) in [5.74, 6) is 3.15. The van der Waals surface area contributed by atoms with Crippen LogP contribution in [0, 0.1) is 11.8 Å². The lowest BCUT2D eigenvalue weighted by molar-refractivity contribution is 0.300. The van der Waals surface area contributed by atoms with E-state index in [9.17, 15) is 4.79 Å². The average Bonchev–Trinajstić information content (AvgIpc) is 3.36. The molecule has 7 heteroatoms. The standard InChI is InChI=1S/C23H23ClN4O2/c24-18-4-5-19(25-11-18)15-30-21-8-9-28(23(29)10-21)20-6-7-22(26-12-20)27-13-16-2-1-3-17(16)14-27/h4-12,16-17H,1-3,13-15H2/t16-,17+. The van der Waals surface area contributed by atoms with Crippen LogP contribution in [-0.2, 0) is 6.61 Å². The molecule has 0 radical (unpaired) electrons. The quantitative estimate of drug-likeness (QED) is 0.619. The van der Waals surface area contributed by atoms with E-state index in [0.717, 1.165) is 42.1 Å². The van der Waals surface area contributed by atoms with Crippen LogP contribution in [0.2, 0.25) is 5.02 Å². The van der Waals surface area contributed by atoms with Crippen molar-refractivity contribution in [3.63, 3.8) is 0 Å². The molecule has 154 valence electrons. The van der Waals surface area contributed by atoms with Gasteiger partial charge in [-0.3, -0.25) is 14.3 Å². The van der Waals surface area contributed by atoms with Gasteiger partial charge in [0.2, 0.25) is 0 Å². The fourth-order valence-electron chi connectivity index (χ4n) is 4.54. The lowest BCUT2D eigenvalue weighted by atomic mass is 10.0. The van der Waals surface area contributed by atoms with E-state index in [1.807, 2.05) is 12.1 Å². The van der Waals surface area contributed by atoms with Gasteiger partial charge in [-0.1, -0.05) is 18.0 Å². The smallest absolute Gasteiger partial charge is 0.258 e. The molecule has 3 aromatic heterocycles. The molecule has 0 N–H and O–H groups in total. The average molecular weight is 423 g/mol. The molecule has 4 heterocycles. The first-order chi connectivity index (χ1) is 14.7. The van der Waals surface area contributed by atoms with Crippen molar-refractivity contribution in [3.8, 4) is 11.4 Å². The van der Waals surface area contributed by atoms with Crippen LogP contribution in [-0.4, -0.2) is 27.6 Å². The molecule has 0 bridgehead atoms. The van der Waals surface area contributed by atoms with Gasteiger partial charge in [-0.05, 0) is 55.0 Å². The Bertz CT molecular complexity index is 1070. The van der Waals surface area contributed by atoms with Crippen molar-refractivity contribution in [3.05, 3.63) is 76.1 Å². The monoisotopic (exact) mass is 422 g/mol. The van der Waals surface area contributed by atoms with Crippen LogP contribution in [0.25, 0.3) is 5.69 Å². The van der Waals surface area contributed by atoms with E-state index < -0.39 is 0 Å². The molecule has 1 saturated carbocycles. The summed E-state index contributed by atoms with van der Waals surface area (Å²) in [6.45, 7) is 2.48. The zero-order valence-electron chi connectivity index (χ0n) is 16.6. The van der Waals surface area contributed by atoms with E-state index in [-0.39, 0.29) is 12.2 Å². The van der Waals surface area contributed by atoms with Gasteiger partial charge in [0.25, 0.3) is 5.56 Å². The summed E-state index contributed by atoms with van der Waals surface area (Å²) in [5, 5.41) is 0.577. The van der Waals surface area contributed by atoms with E-state index >= 15 is 0 Å². The van der Waals surface area contributed by atoms with Gasteiger partial charge in [-0.15, -0.1) is 0 Å². The highest BCUT2D eigenvalue weighted by Gasteiger charge is 2.36. The molecule has 1 aliphatic carbocycles. The summed E-state index contributed by atoms with van der Waals surface area (Å²) in [4.78, 5) is 23.8. The van der Waals surface area contributed by atoms with Gasteiger partial charge >= 0.3 is 0 Å². The van der Waals surface area contributed by atoms with Crippen molar-refractivity contribution >= 4 is 17.4 Å². The first-order valence-corrected chi connectivity index (χ1v) is 10.7. The summed E-state index contributed by atoms with van der Waals surface area (Å²) < 4.78 is 7.26. The zero-order valence-corrected chi connectivity index (χ0v) is 17.3. The van der Waals surface area contributed by atoms with E-state index in [0.29, 0.717) is 10.8 Å². The Labute approximate surface area is 180 Å². The summed E-state index contributed by atoms with van der Waals surface area (Å²) in [6, 6.07) is 10.8. The molecule has 5 rings (SSSR count). The second-order valence-corrected chi connectivity index (χ2v) is 8.49. The summed E-state index contributed by atoms with van der Waals surface area (Å²) in [7, 11) is 0. The summed E-state index contributed by atoms with van der Waals surface area (Å²) in [6.07, 6.45) is 9.11. The normalized spacial score (nSPS) is 20.4. The van der Waals surface area contributed by atoms with Crippen LogP contribution in [0.4, 0.5) is 5.82 Å². The predicted octanol–water partition coefficient (Wildman–Crippen LogP) is 4.10. The lowest BCUT2D eigenvalue weighted by Crippen LogP contribution is -2.22. The maximum Gasteiger partial charge on any atom is 0.258 e. The van der Waals surface area contributed by atoms with Crippen LogP contribution in [0.3, 0.4) is 0 Å². The Balaban J connectivity index is 1.26. The Morgan fingerprint density at radius 1 is 1.03 bits per heavy atom. The number of halogens is 1. The largest absolute Gasteiger partial charge is 0.487 e. The van der Waals surface area contributed by atoms with Gasteiger partial charge in [0, 0.05) is 31.5 Å². The van der Waals surface area contributed by atoms with Gasteiger partial charge < -0.3 is 9.64 Å². The van der Waals surface area contributed by atoms with Gasteiger partial charge in [0.05, 0.1) is 22.6 Å². The topological polar surface area (TPSA) is 60.2 Å². The van der Waals surface area contributed by atoms with Crippen molar-refractivity contribution in [2.75, 3.05) is 18.0 Å². The Hall–Kier alpha value is -2.86. The van der Waals surface area contributed by atoms with E-state index in [2.05, 4.69) is 14.9 Å². The minimum absolute atomic E-state index is 0.165. The molecule has 6 nitrogen and oxygen atoms in total. The van der Waals surface area contributed by atoms with Gasteiger partial charge in [0.1, 0.15) is 18.2 Å². The first-order valence-electron chi connectivity index (χ1n) is 10.3. The molecule has 2 aliphatic rings. The van der Waals surface area contributed by atoms with Crippen LogP contribution >= 0.6 is 11.6 Å². The molecule has 0 unspecified atom stereocenters. The number of pyridine rings is 3. The number of aromatic nitrogens is 3. The SMILES string of the molecule is O=c1cc(OCc2ccc(Cl)cn2)ccn1-c1ccc(N2C[C@H]3CCC[C@H]3C2)nc1. The highest BCUT2D eigenvalue weighted by molar-refractivity contribution is 6.30. The van der Waals surface area contributed by atoms with E-state index in [4.69, 9.17) is 16.3 Å². The van der Waals surface area contributed by atoms with E-state index in [1.165, 1.54) is 25.3 Å². The van der Waals surface area contributed by atoms with Crippen molar-refractivity contribution in [1.82, 2.24) is 14.5 Å². The van der Waals surface area contributed by atoms with E-state index in [1.54, 1.807) is 41.4 Å². The molecular weight excluding hydrogens is 400 g/mol. The van der Waals surface area contributed by atoms with Gasteiger partial charge in [0.15, 0.2) is 0 Å². The molecule has 0 aromatic carbocycles. The molecule has 0 spiro atoms. The van der Waals surface area contributed by atoms with Crippen LogP contribution in [0.5, 0.6) is 5.75 Å². The zero-order chi connectivity index (χ0) is 20.5. The van der Waals surface area contributed by atoms with Gasteiger partial charge in [-0.2, -0.15) is 0 Å². The maximum absolute atomic E-state index is 12.6. The van der Waals surface area contributed by atoms with Crippen LogP contribution in [0.15, 0.2) is 59.8 Å². The number of anilines is 1. The number of rotatable bonds is 5. The third-order valence-electron chi connectivity index (χ3n) is 6.13. The fourth-order valence-corrected chi connectivity index (χ4v) is 4.65. The number of ether oxygens (including phenoxy) is 1. The maximum atomic E-state index is 12.6. The van der Waals surface area contributed by atoms with Crippen LogP contribution < -0.4 is 15.2 Å². The molecule has 1 saturated heterocycles. The Kier molecular flexibility index (Phi) is 5.17. The van der Waals surface area contributed by atoms with Crippen molar-refractivity contribution in [2.24, 2.45) is 11.8 Å². The molecule has 30 heavy (non-hydrogen) atoms. The lowest BCUT2D eigenvalue weighted by Gasteiger charge is -2.18. The van der Waals surface area contributed by atoms with Gasteiger partial charge in [-0.25, -0.2) is 4.98 Å². The third kappa shape index (κ3) is 3.92. The fraction of sp³-hybridized carbons (Fsp3) is 0.348. The predicted molar refractivity (Wildman–Crippen MR) is 116 cm³/mol. The van der Waals surface area contributed by atoms with Crippen molar-refractivity contribution < 1.29 is 4.74 Å². The summed E-state index contributed by atoms with van der Waals surface area (Å²) >= 11 is 5.84. The number of hydrogen-bond donors (Lipinski definition) is 0. The molecule has 1 aliphatic heterocycles. The van der Waals surface area contributed by atoms with Crippen molar-refractivity contribution in [2.45, 2.75) is 25.9 Å². The molecule has 0 amide bonds. The molecule has 2 fully saturated rings. The number of hydrogen-bond acceptors (Lipinski definition) is 5. The Morgan fingerprint density at radius 2 is 1.87 bits per heavy atom. The number of nitrogens with zero attached hydrogens (tertiary/aromatic N) is 4. The minimum Gasteiger partial charge on any atom is -0.487 e. The molecular formula is C23H23ClN4O2. The molecule has 2 atom stereocenters.